The number of hydrogen-bond donors (Lipinski definition) is 0. The zero-order valence-corrected chi connectivity index (χ0v) is 10.4. The molecule has 80 valence electrons. The average molecular weight is 200 g/mol. The zero-order chi connectivity index (χ0) is 11.6. The summed E-state index contributed by atoms with van der Waals surface area (Å²) in [7, 11) is 0. The van der Waals surface area contributed by atoms with Crippen LogP contribution in [0.15, 0.2) is 12.1 Å². The maximum absolute atomic E-state index is 5.49. The van der Waals surface area contributed by atoms with E-state index in [0.29, 0.717) is 11.8 Å². The van der Waals surface area contributed by atoms with Crippen LogP contribution in [0.1, 0.15) is 61.8 Å². The van der Waals surface area contributed by atoms with Crippen molar-refractivity contribution in [2.75, 3.05) is 0 Å². The molecule has 0 radical (unpaired) electrons. The monoisotopic (exact) mass is 200 g/mol. The Labute approximate surface area is 93.7 Å². The van der Waals surface area contributed by atoms with Gasteiger partial charge in [0, 0.05) is 5.56 Å². The summed E-state index contributed by atoms with van der Waals surface area (Å²) in [4.78, 5) is 0. The normalized spacial score (nSPS) is 10.8. The van der Waals surface area contributed by atoms with Crippen molar-refractivity contribution in [1.82, 2.24) is 0 Å². The molecule has 0 saturated heterocycles. The summed E-state index contributed by atoms with van der Waals surface area (Å²) in [6, 6.07) is 4.29. The van der Waals surface area contributed by atoms with Crippen molar-refractivity contribution in [3.8, 4) is 12.3 Å². The molecule has 0 N–H and O–H groups in total. The van der Waals surface area contributed by atoms with Gasteiger partial charge in [-0.05, 0) is 47.6 Å². The maximum atomic E-state index is 5.49. The van der Waals surface area contributed by atoms with Crippen LogP contribution in [0.25, 0.3) is 0 Å². The van der Waals surface area contributed by atoms with Gasteiger partial charge in [-0.15, -0.1) is 6.42 Å². The van der Waals surface area contributed by atoms with E-state index in [2.05, 4.69) is 52.7 Å². The summed E-state index contributed by atoms with van der Waals surface area (Å²) in [6.07, 6.45) is 5.49. The molecule has 15 heavy (non-hydrogen) atoms. The Morgan fingerprint density at radius 3 is 1.67 bits per heavy atom. The zero-order valence-electron chi connectivity index (χ0n) is 10.4. The minimum absolute atomic E-state index is 0.538. The SMILES string of the molecule is C#Cc1cc(C(C)C)c(C)c(C(C)C)c1. The molecule has 0 saturated carbocycles. The fourth-order valence-corrected chi connectivity index (χ4v) is 2.04. The van der Waals surface area contributed by atoms with E-state index in [9.17, 15) is 0 Å². The summed E-state index contributed by atoms with van der Waals surface area (Å²) < 4.78 is 0. The third-order valence-electron chi connectivity index (χ3n) is 2.90. The van der Waals surface area contributed by atoms with Crippen LogP contribution in [-0.2, 0) is 0 Å². The summed E-state index contributed by atoms with van der Waals surface area (Å²) >= 11 is 0. The van der Waals surface area contributed by atoms with Gasteiger partial charge in [0.1, 0.15) is 0 Å². The second-order valence-electron chi connectivity index (χ2n) is 4.73. The van der Waals surface area contributed by atoms with Crippen LogP contribution in [-0.4, -0.2) is 0 Å². The van der Waals surface area contributed by atoms with Crippen molar-refractivity contribution in [2.24, 2.45) is 0 Å². The largest absolute Gasteiger partial charge is 0.115 e. The molecule has 0 amide bonds. The van der Waals surface area contributed by atoms with Crippen LogP contribution in [0.3, 0.4) is 0 Å². The molecule has 0 fully saturated rings. The third-order valence-corrected chi connectivity index (χ3v) is 2.90. The molecule has 1 aromatic carbocycles. The van der Waals surface area contributed by atoms with E-state index >= 15 is 0 Å². The minimum Gasteiger partial charge on any atom is -0.115 e. The number of hydrogen-bond acceptors (Lipinski definition) is 0. The Morgan fingerprint density at radius 2 is 1.40 bits per heavy atom. The van der Waals surface area contributed by atoms with Gasteiger partial charge in [-0.3, -0.25) is 0 Å². The van der Waals surface area contributed by atoms with E-state index in [1.54, 1.807) is 0 Å². The molecule has 0 heterocycles. The highest BCUT2D eigenvalue weighted by Gasteiger charge is 2.11. The van der Waals surface area contributed by atoms with Crippen molar-refractivity contribution in [3.63, 3.8) is 0 Å². The van der Waals surface area contributed by atoms with Crippen molar-refractivity contribution >= 4 is 0 Å². The Balaban J connectivity index is 3.42. The number of terminal acetylenes is 1. The lowest BCUT2D eigenvalue weighted by Gasteiger charge is -2.17. The molecule has 0 unspecified atom stereocenters. The lowest BCUT2D eigenvalue weighted by molar-refractivity contribution is 0.816. The fraction of sp³-hybridized carbons (Fsp3) is 0.467. The third kappa shape index (κ3) is 2.42. The Hall–Kier alpha value is -1.22. The predicted octanol–water partition coefficient (Wildman–Crippen LogP) is 4.22. The van der Waals surface area contributed by atoms with Crippen molar-refractivity contribution in [1.29, 1.82) is 0 Å². The van der Waals surface area contributed by atoms with Crippen molar-refractivity contribution < 1.29 is 0 Å². The first-order valence-electron chi connectivity index (χ1n) is 5.58. The molecule has 0 aliphatic carbocycles. The van der Waals surface area contributed by atoms with Gasteiger partial charge < -0.3 is 0 Å². The first-order chi connectivity index (χ1) is 6.97. The van der Waals surface area contributed by atoms with E-state index in [1.165, 1.54) is 16.7 Å². The van der Waals surface area contributed by atoms with Crippen LogP contribution in [0, 0.1) is 19.3 Å². The molecule has 0 nitrogen and oxygen atoms in total. The number of benzene rings is 1. The second-order valence-corrected chi connectivity index (χ2v) is 4.73. The molecule has 0 aliphatic rings. The standard InChI is InChI=1S/C15H20/c1-7-13-8-14(10(2)3)12(6)15(9-13)11(4)5/h1,8-11H,2-6H3. The minimum atomic E-state index is 0.538. The summed E-state index contributed by atoms with van der Waals surface area (Å²) in [5.74, 6) is 3.82. The second kappa shape index (κ2) is 4.53. The lowest BCUT2D eigenvalue weighted by Crippen LogP contribution is -2.00. The van der Waals surface area contributed by atoms with Gasteiger partial charge in [-0.1, -0.05) is 33.6 Å². The number of rotatable bonds is 2. The van der Waals surface area contributed by atoms with Crippen LogP contribution in [0.4, 0.5) is 0 Å². The van der Waals surface area contributed by atoms with E-state index in [4.69, 9.17) is 6.42 Å². The highest BCUT2D eigenvalue weighted by molar-refractivity contribution is 5.46. The van der Waals surface area contributed by atoms with Gasteiger partial charge in [0.15, 0.2) is 0 Å². The smallest absolute Gasteiger partial charge is 0.0248 e. The molecule has 1 rings (SSSR count). The van der Waals surface area contributed by atoms with Crippen LogP contribution in [0.2, 0.25) is 0 Å². The summed E-state index contributed by atoms with van der Waals surface area (Å²) in [6.45, 7) is 11.1. The Bertz CT molecular complexity index is 360. The molecule has 0 aliphatic heterocycles. The van der Waals surface area contributed by atoms with Crippen molar-refractivity contribution in [2.45, 2.75) is 46.5 Å². The van der Waals surface area contributed by atoms with Gasteiger partial charge >= 0.3 is 0 Å². The Morgan fingerprint density at radius 1 is 1.00 bits per heavy atom. The first-order valence-corrected chi connectivity index (χ1v) is 5.58. The molecule has 0 spiro atoms. The summed E-state index contributed by atoms with van der Waals surface area (Å²) in [5.41, 5.74) is 5.18. The van der Waals surface area contributed by atoms with Crippen LogP contribution in [0.5, 0.6) is 0 Å². The topological polar surface area (TPSA) is 0 Å². The molecule has 0 bridgehead atoms. The quantitative estimate of drug-likeness (QED) is 0.627. The van der Waals surface area contributed by atoms with Crippen LogP contribution >= 0.6 is 0 Å². The van der Waals surface area contributed by atoms with Gasteiger partial charge in [-0.25, -0.2) is 0 Å². The maximum Gasteiger partial charge on any atom is 0.0248 e. The Kier molecular flexibility index (Phi) is 3.58. The highest BCUT2D eigenvalue weighted by Crippen LogP contribution is 2.28. The van der Waals surface area contributed by atoms with E-state index in [0.717, 1.165) is 5.56 Å². The van der Waals surface area contributed by atoms with Gasteiger partial charge in [-0.2, -0.15) is 0 Å². The summed E-state index contributed by atoms with van der Waals surface area (Å²) in [5, 5.41) is 0. The van der Waals surface area contributed by atoms with Gasteiger partial charge in [0.25, 0.3) is 0 Å². The van der Waals surface area contributed by atoms with Gasteiger partial charge in [0.05, 0.1) is 0 Å². The predicted molar refractivity (Wildman–Crippen MR) is 67.3 cm³/mol. The lowest BCUT2D eigenvalue weighted by atomic mass is 9.88. The fourth-order valence-electron chi connectivity index (χ4n) is 2.04. The van der Waals surface area contributed by atoms with E-state index in [-0.39, 0.29) is 0 Å². The highest BCUT2D eigenvalue weighted by atomic mass is 14.2. The molecule has 1 aromatic rings. The van der Waals surface area contributed by atoms with Gasteiger partial charge in [0.2, 0.25) is 0 Å². The average Bonchev–Trinajstić information content (AvgIpc) is 2.17. The molecular formula is C15H20. The molecular weight excluding hydrogens is 180 g/mol. The van der Waals surface area contributed by atoms with E-state index in [1.807, 2.05) is 0 Å². The molecule has 0 aromatic heterocycles. The molecule has 0 atom stereocenters. The molecule has 0 heteroatoms. The van der Waals surface area contributed by atoms with Crippen LogP contribution < -0.4 is 0 Å². The van der Waals surface area contributed by atoms with Crippen molar-refractivity contribution in [3.05, 3.63) is 34.4 Å². The first kappa shape index (κ1) is 11.9. The van der Waals surface area contributed by atoms with E-state index < -0.39 is 0 Å².